The summed E-state index contributed by atoms with van der Waals surface area (Å²) in [4.78, 5) is 12.1. The molecule has 5 nitrogen and oxygen atoms in total. The Bertz CT molecular complexity index is 824. The monoisotopic (exact) mass is 492 g/mol. The number of nitrogens with zero attached hydrogens (tertiary/aromatic N) is 1. The Labute approximate surface area is 166 Å². The van der Waals surface area contributed by atoms with Gasteiger partial charge in [0.1, 0.15) is 6.54 Å². The SMILES string of the molecule is CS(=O)(=O)N(CC(=O)NCCc1ccc(Cl)cc1)c1ccc(I)cc1. The zero-order chi connectivity index (χ0) is 18.4. The van der Waals surface area contributed by atoms with Crippen LogP contribution in [0.2, 0.25) is 5.02 Å². The molecule has 2 rings (SSSR count). The molecule has 2 aromatic carbocycles. The second-order valence-corrected chi connectivity index (χ2v) is 9.06. The lowest BCUT2D eigenvalue weighted by molar-refractivity contribution is -0.119. The van der Waals surface area contributed by atoms with Crippen molar-refractivity contribution in [1.82, 2.24) is 5.32 Å². The van der Waals surface area contributed by atoms with Crippen molar-refractivity contribution in [3.8, 4) is 0 Å². The molecule has 0 saturated heterocycles. The van der Waals surface area contributed by atoms with E-state index in [1.807, 2.05) is 12.1 Å². The van der Waals surface area contributed by atoms with Crippen molar-refractivity contribution in [2.75, 3.05) is 23.7 Å². The highest BCUT2D eigenvalue weighted by Crippen LogP contribution is 2.18. The Kier molecular flexibility index (Phi) is 7.09. The van der Waals surface area contributed by atoms with Gasteiger partial charge >= 0.3 is 0 Å². The number of hydrogen-bond donors (Lipinski definition) is 1. The molecule has 0 spiro atoms. The molecule has 0 unspecified atom stereocenters. The van der Waals surface area contributed by atoms with Crippen LogP contribution in [0.3, 0.4) is 0 Å². The van der Waals surface area contributed by atoms with Crippen molar-refractivity contribution in [2.24, 2.45) is 0 Å². The quantitative estimate of drug-likeness (QED) is 0.604. The van der Waals surface area contributed by atoms with E-state index in [1.165, 1.54) is 0 Å². The Hall–Kier alpha value is -1.32. The summed E-state index contributed by atoms with van der Waals surface area (Å²) < 4.78 is 26.1. The average molecular weight is 493 g/mol. The molecule has 25 heavy (non-hydrogen) atoms. The number of nitrogens with one attached hydrogen (secondary N) is 1. The van der Waals surface area contributed by atoms with E-state index in [1.54, 1.807) is 36.4 Å². The van der Waals surface area contributed by atoms with Gasteiger partial charge in [-0.15, -0.1) is 0 Å². The number of halogens is 2. The predicted octanol–water partition coefficient (Wildman–Crippen LogP) is 3.07. The molecule has 0 bridgehead atoms. The van der Waals surface area contributed by atoms with Gasteiger partial charge in [-0.3, -0.25) is 9.10 Å². The van der Waals surface area contributed by atoms with Gasteiger partial charge < -0.3 is 5.32 Å². The van der Waals surface area contributed by atoms with Gasteiger partial charge in [0, 0.05) is 15.1 Å². The first-order valence-corrected chi connectivity index (χ1v) is 10.8. The number of hydrogen-bond acceptors (Lipinski definition) is 3. The van der Waals surface area contributed by atoms with E-state index in [0.29, 0.717) is 23.7 Å². The van der Waals surface area contributed by atoms with E-state index in [4.69, 9.17) is 11.6 Å². The van der Waals surface area contributed by atoms with Gasteiger partial charge in [-0.25, -0.2) is 8.42 Å². The number of carbonyl (C=O) groups excluding carboxylic acids is 1. The minimum Gasteiger partial charge on any atom is -0.354 e. The first-order valence-electron chi connectivity index (χ1n) is 7.50. The number of rotatable bonds is 7. The van der Waals surface area contributed by atoms with E-state index >= 15 is 0 Å². The molecular weight excluding hydrogens is 475 g/mol. The van der Waals surface area contributed by atoms with Crippen LogP contribution in [-0.4, -0.2) is 33.7 Å². The van der Waals surface area contributed by atoms with Crippen molar-refractivity contribution in [3.63, 3.8) is 0 Å². The van der Waals surface area contributed by atoms with Crippen LogP contribution < -0.4 is 9.62 Å². The average Bonchev–Trinajstić information content (AvgIpc) is 2.54. The highest BCUT2D eigenvalue weighted by molar-refractivity contribution is 14.1. The van der Waals surface area contributed by atoms with Crippen molar-refractivity contribution < 1.29 is 13.2 Å². The van der Waals surface area contributed by atoms with Crippen LogP contribution in [0.25, 0.3) is 0 Å². The van der Waals surface area contributed by atoms with Crippen LogP contribution in [0.1, 0.15) is 5.56 Å². The first-order chi connectivity index (χ1) is 11.8. The lowest BCUT2D eigenvalue weighted by Crippen LogP contribution is -2.40. The third kappa shape index (κ3) is 6.48. The standard InChI is InChI=1S/C17H18ClIN2O3S/c1-25(23,24)21(16-8-6-15(19)7-9-16)12-17(22)20-11-10-13-2-4-14(18)5-3-13/h2-9H,10-12H2,1H3,(H,20,22). The minimum absolute atomic E-state index is 0.250. The molecule has 0 heterocycles. The van der Waals surface area contributed by atoms with E-state index < -0.39 is 10.0 Å². The summed E-state index contributed by atoms with van der Waals surface area (Å²) in [7, 11) is -3.55. The highest BCUT2D eigenvalue weighted by atomic mass is 127. The summed E-state index contributed by atoms with van der Waals surface area (Å²) in [5.41, 5.74) is 1.51. The largest absolute Gasteiger partial charge is 0.354 e. The smallest absolute Gasteiger partial charge is 0.240 e. The number of carbonyl (C=O) groups is 1. The highest BCUT2D eigenvalue weighted by Gasteiger charge is 2.20. The summed E-state index contributed by atoms with van der Waals surface area (Å²) >= 11 is 7.97. The molecule has 0 aromatic heterocycles. The Balaban J connectivity index is 1.95. The Morgan fingerprint density at radius 3 is 2.28 bits per heavy atom. The maximum absolute atomic E-state index is 12.1. The summed E-state index contributed by atoms with van der Waals surface area (Å²) in [6.07, 6.45) is 1.73. The molecule has 0 saturated carbocycles. The van der Waals surface area contributed by atoms with Crippen LogP contribution in [-0.2, 0) is 21.2 Å². The van der Waals surface area contributed by atoms with Gasteiger partial charge in [0.05, 0.1) is 11.9 Å². The molecule has 2 aromatic rings. The van der Waals surface area contributed by atoms with Gasteiger partial charge in [0.2, 0.25) is 15.9 Å². The molecule has 0 atom stereocenters. The van der Waals surface area contributed by atoms with Gasteiger partial charge in [0.25, 0.3) is 0 Å². The molecule has 0 aliphatic carbocycles. The molecule has 8 heteroatoms. The zero-order valence-corrected chi connectivity index (χ0v) is 17.3. The van der Waals surface area contributed by atoms with E-state index in [9.17, 15) is 13.2 Å². The predicted molar refractivity (Wildman–Crippen MR) is 110 cm³/mol. The maximum Gasteiger partial charge on any atom is 0.240 e. The molecule has 1 N–H and O–H groups in total. The second kappa shape index (κ2) is 8.86. The third-order valence-corrected chi connectivity index (χ3v) is 5.56. The lowest BCUT2D eigenvalue weighted by atomic mass is 10.1. The van der Waals surface area contributed by atoms with Crippen LogP contribution in [0.4, 0.5) is 5.69 Å². The summed E-state index contributed by atoms with van der Waals surface area (Å²) in [6, 6.07) is 14.3. The van der Waals surface area contributed by atoms with Gasteiger partial charge in [0.15, 0.2) is 0 Å². The topological polar surface area (TPSA) is 66.5 Å². The van der Waals surface area contributed by atoms with Gasteiger partial charge in [-0.05, 0) is 71.0 Å². The van der Waals surface area contributed by atoms with Crippen LogP contribution in [0.5, 0.6) is 0 Å². The van der Waals surface area contributed by atoms with Crippen molar-refractivity contribution in [1.29, 1.82) is 0 Å². The van der Waals surface area contributed by atoms with Crippen molar-refractivity contribution in [2.45, 2.75) is 6.42 Å². The number of amides is 1. The van der Waals surface area contributed by atoms with E-state index in [-0.39, 0.29) is 12.5 Å². The van der Waals surface area contributed by atoms with Crippen molar-refractivity contribution in [3.05, 3.63) is 62.7 Å². The first kappa shape index (κ1) is 20.0. The summed E-state index contributed by atoms with van der Waals surface area (Å²) in [5.74, 6) is -0.349. The molecule has 134 valence electrons. The number of anilines is 1. The second-order valence-electron chi connectivity index (χ2n) is 5.47. The molecular formula is C17H18ClIN2O3S. The van der Waals surface area contributed by atoms with E-state index in [0.717, 1.165) is 19.7 Å². The molecule has 0 aliphatic heterocycles. The van der Waals surface area contributed by atoms with Crippen LogP contribution >= 0.6 is 34.2 Å². The fraction of sp³-hybridized carbons (Fsp3) is 0.235. The number of benzene rings is 2. The number of sulfonamides is 1. The van der Waals surface area contributed by atoms with Crippen LogP contribution in [0, 0.1) is 3.57 Å². The Morgan fingerprint density at radius 2 is 1.72 bits per heavy atom. The zero-order valence-electron chi connectivity index (χ0n) is 13.6. The Morgan fingerprint density at radius 1 is 1.12 bits per heavy atom. The molecule has 0 radical (unpaired) electrons. The lowest BCUT2D eigenvalue weighted by Gasteiger charge is -2.22. The fourth-order valence-corrected chi connectivity index (χ4v) is 3.53. The van der Waals surface area contributed by atoms with Crippen molar-refractivity contribution >= 4 is 55.8 Å². The normalized spacial score (nSPS) is 11.2. The molecule has 0 aliphatic rings. The maximum atomic E-state index is 12.1. The third-order valence-electron chi connectivity index (χ3n) is 3.45. The summed E-state index contributed by atoms with van der Waals surface area (Å²) in [5, 5.41) is 3.41. The van der Waals surface area contributed by atoms with Crippen LogP contribution in [0.15, 0.2) is 48.5 Å². The minimum atomic E-state index is -3.55. The fourth-order valence-electron chi connectivity index (χ4n) is 2.19. The van der Waals surface area contributed by atoms with E-state index in [2.05, 4.69) is 27.9 Å². The molecule has 1 amide bonds. The molecule has 0 fully saturated rings. The van der Waals surface area contributed by atoms with Gasteiger partial charge in [-0.1, -0.05) is 23.7 Å². The van der Waals surface area contributed by atoms with Gasteiger partial charge in [-0.2, -0.15) is 0 Å². The summed E-state index contributed by atoms with van der Waals surface area (Å²) in [6.45, 7) is 0.171.